The molecule has 0 saturated heterocycles. The van der Waals surface area contributed by atoms with Gasteiger partial charge in [0, 0.05) is 11.3 Å². The number of nitrogens with one attached hydrogen (secondary N) is 2. The van der Waals surface area contributed by atoms with Gasteiger partial charge in [0.05, 0.1) is 11.4 Å². The Morgan fingerprint density at radius 2 is 1.74 bits per heavy atom. The summed E-state index contributed by atoms with van der Waals surface area (Å²) in [6.07, 6.45) is 9.93. The Morgan fingerprint density at radius 1 is 0.974 bits per heavy atom. The molecule has 204 valence electrons. The molecule has 39 heavy (non-hydrogen) atoms. The van der Waals surface area contributed by atoms with Crippen LogP contribution in [0.2, 0.25) is 0 Å². The van der Waals surface area contributed by atoms with Crippen molar-refractivity contribution in [2.75, 3.05) is 24.1 Å². The van der Waals surface area contributed by atoms with Gasteiger partial charge in [0.1, 0.15) is 23.4 Å². The summed E-state index contributed by atoms with van der Waals surface area (Å²) in [4.78, 5) is 13.3. The number of nitrogen functional groups attached to an aromatic ring is 1. The fraction of sp³-hybridized carbons (Fsp3) is 0.400. The van der Waals surface area contributed by atoms with Gasteiger partial charge in [-0.3, -0.25) is 0 Å². The molecule has 6 rings (SSSR count). The van der Waals surface area contributed by atoms with Gasteiger partial charge in [-0.1, -0.05) is 57.4 Å². The van der Waals surface area contributed by atoms with E-state index in [1.807, 2.05) is 48.5 Å². The molecule has 2 aromatic carbocycles. The fourth-order valence-electron chi connectivity index (χ4n) is 5.03. The summed E-state index contributed by atoms with van der Waals surface area (Å²) >= 11 is 0. The third-order valence-corrected chi connectivity index (χ3v) is 6.98. The van der Waals surface area contributed by atoms with Crippen LogP contribution in [0.15, 0.2) is 59.3 Å². The molecular formula is C30H38N8O. The number of nitrogens with two attached hydrogens (primary N) is 1. The van der Waals surface area contributed by atoms with Crippen LogP contribution in [0.3, 0.4) is 0 Å². The van der Waals surface area contributed by atoms with Crippen molar-refractivity contribution in [2.45, 2.75) is 64.8 Å². The zero-order chi connectivity index (χ0) is 27.0. The van der Waals surface area contributed by atoms with Gasteiger partial charge in [-0.15, -0.1) is 0 Å². The minimum atomic E-state index is 0.338. The van der Waals surface area contributed by atoms with Crippen molar-refractivity contribution in [3.8, 4) is 11.3 Å². The highest BCUT2D eigenvalue weighted by molar-refractivity contribution is 5.99. The largest absolute Gasteiger partial charge is 0.423 e. The first-order chi connectivity index (χ1) is 19.2. The first-order valence-electron chi connectivity index (χ1n) is 14.1. The summed E-state index contributed by atoms with van der Waals surface area (Å²) < 4.78 is 8.03. The second-order valence-electron chi connectivity index (χ2n) is 9.99. The Morgan fingerprint density at radius 3 is 2.49 bits per heavy atom. The lowest BCUT2D eigenvalue weighted by molar-refractivity contribution is 0.336. The number of nitrogens with zero attached hydrogens (tertiary/aromatic N) is 5. The summed E-state index contributed by atoms with van der Waals surface area (Å²) in [5, 5.41) is 12.3. The molecule has 0 spiro atoms. The second kappa shape index (κ2) is 12.7. The first-order valence-corrected chi connectivity index (χ1v) is 14.1. The Kier molecular flexibility index (Phi) is 8.68. The normalized spacial score (nSPS) is 13.9. The van der Waals surface area contributed by atoms with Gasteiger partial charge in [0.15, 0.2) is 11.2 Å². The number of hydrogen-bond donors (Lipinski definition) is 3. The van der Waals surface area contributed by atoms with Crippen LogP contribution >= 0.6 is 0 Å². The van der Waals surface area contributed by atoms with Crippen LogP contribution in [-0.2, 0) is 0 Å². The molecule has 0 bridgehead atoms. The van der Waals surface area contributed by atoms with Gasteiger partial charge in [0.2, 0.25) is 0 Å². The number of fused-ring (bicyclic) bond motifs is 2. The van der Waals surface area contributed by atoms with Crippen LogP contribution < -0.4 is 16.4 Å². The Balaban J connectivity index is 0.000000392. The molecule has 0 atom stereocenters. The molecule has 3 aromatic heterocycles. The Bertz CT molecular complexity index is 1480. The number of para-hydroxylation sites is 1. The van der Waals surface area contributed by atoms with Gasteiger partial charge in [-0.2, -0.15) is 10.1 Å². The van der Waals surface area contributed by atoms with Crippen molar-refractivity contribution in [3.63, 3.8) is 0 Å². The molecule has 0 unspecified atom stereocenters. The number of oxazole rings is 1. The monoisotopic (exact) mass is 526 g/mol. The van der Waals surface area contributed by atoms with E-state index in [-0.39, 0.29) is 0 Å². The van der Waals surface area contributed by atoms with E-state index < -0.39 is 0 Å². The Hall–Kier alpha value is -3.98. The van der Waals surface area contributed by atoms with Crippen molar-refractivity contribution in [1.82, 2.24) is 30.0 Å². The summed E-state index contributed by atoms with van der Waals surface area (Å²) in [6.45, 7) is 6.72. The predicted octanol–water partition coefficient (Wildman–Crippen LogP) is 6.86. The van der Waals surface area contributed by atoms with E-state index >= 15 is 0 Å². The van der Waals surface area contributed by atoms with E-state index in [1.165, 1.54) is 51.5 Å². The van der Waals surface area contributed by atoms with Gasteiger partial charge < -0.3 is 20.8 Å². The molecule has 4 N–H and O–H groups in total. The third-order valence-electron chi connectivity index (χ3n) is 6.98. The zero-order valence-electron chi connectivity index (χ0n) is 22.9. The summed E-state index contributed by atoms with van der Waals surface area (Å²) in [6, 6.07) is 16.5. The lowest BCUT2D eigenvalue weighted by Gasteiger charge is -2.22. The van der Waals surface area contributed by atoms with Crippen LogP contribution in [0.5, 0.6) is 0 Å². The van der Waals surface area contributed by atoms with E-state index in [9.17, 15) is 0 Å². The smallest absolute Gasteiger partial charge is 0.300 e. The minimum absolute atomic E-state index is 0.338. The SMILES string of the molecule is CCCNCCC.Nc1ncnc2c1c(-c1ccc3nc(Nc4ccccc4)oc3c1)nn2C1CCCCC1. The molecular weight excluding hydrogens is 488 g/mol. The topological polar surface area (TPSA) is 120 Å². The average molecular weight is 527 g/mol. The minimum Gasteiger partial charge on any atom is -0.423 e. The standard InChI is InChI=1S/C24H23N7O.C6H15N/c25-22-20-21(30-31(23(20)27-14-26-22)17-9-5-2-6-10-17)15-11-12-18-19(13-15)32-24(29-18)28-16-7-3-1-4-8-16;1-3-5-7-6-4-2/h1,3-4,7-8,11-14,17H,2,5-6,9-10H2,(H,28,29)(H2,25,26,27);7H,3-6H2,1-2H3. The lowest BCUT2D eigenvalue weighted by Crippen LogP contribution is -2.14. The maximum absolute atomic E-state index is 6.29. The quantitative estimate of drug-likeness (QED) is 0.188. The summed E-state index contributed by atoms with van der Waals surface area (Å²) in [7, 11) is 0. The number of hydrogen-bond acceptors (Lipinski definition) is 8. The van der Waals surface area contributed by atoms with Crippen molar-refractivity contribution >= 4 is 39.7 Å². The number of aromatic nitrogens is 5. The molecule has 1 fully saturated rings. The number of anilines is 3. The summed E-state index contributed by atoms with van der Waals surface area (Å²) in [5.74, 6) is 0.441. The molecule has 0 aliphatic heterocycles. The molecule has 1 aliphatic carbocycles. The lowest BCUT2D eigenvalue weighted by atomic mass is 9.96. The molecule has 9 nitrogen and oxygen atoms in total. The van der Waals surface area contributed by atoms with E-state index in [1.54, 1.807) is 0 Å². The maximum Gasteiger partial charge on any atom is 0.300 e. The number of rotatable bonds is 8. The summed E-state index contributed by atoms with van der Waals surface area (Å²) in [5.41, 5.74) is 11.1. The van der Waals surface area contributed by atoms with Crippen LogP contribution in [0, 0.1) is 0 Å². The molecule has 1 saturated carbocycles. The van der Waals surface area contributed by atoms with Gasteiger partial charge >= 0.3 is 0 Å². The van der Waals surface area contributed by atoms with Crippen molar-refractivity contribution < 1.29 is 4.42 Å². The van der Waals surface area contributed by atoms with Gasteiger partial charge in [-0.05, 0) is 63.0 Å². The molecule has 9 heteroatoms. The number of benzene rings is 2. The van der Waals surface area contributed by atoms with Crippen LogP contribution in [-0.4, -0.2) is 37.8 Å². The van der Waals surface area contributed by atoms with E-state index in [4.69, 9.17) is 15.2 Å². The van der Waals surface area contributed by atoms with Gasteiger partial charge in [-0.25, -0.2) is 14.6 Å². The van der Waals surface area contributed by atoms with Gasteiger partial charge in [0.25, 0.3) is 6.01 Å². The highest BCUT2D eigenvalue weighted by atomic mass is 16.4. The maximum atomic E-state index is 6.29. The van der Waals surface area contributed by atoms with E-state index in [0.717, 1.165) is 46.3 Å². The van der Waals surface area contributed by atoms with Crippen LogP contribution in [0.1, 0.15) is 64.8 Å². The third kappa shape index (κ3) is 6.20. The Labute approximate surface area is 229 Å². The highest BCUT2D eigenvalue weighted by Crippen LogP contribution is 2.37. The van der Waals surface area contributed by atoms with Crippen molar-refractivity contribution in [2.24, 2.45) is 0 Å². The predicted molar refractivity (Wildman–Crippen MR) is 158 cm³/mol. The van der Waals surface area contributed by atoms with Crippen molar-refractivity contribution in [3.05, 3.63) is 54.9 Å². The molecule has 3 heterocycles. The molecule has 1 aliphatic rings. The average Bonchev–Trinajstić information content (AvgIpc) is 3.56. The van der Waals surface area contributed by atoms with E-state index in [0.29, 0.717) is 23.5 Å². The van der Waals surface area contributed by atoms with Crippen molar-refractivity contribution in [1.29, 1.82) is 0 Å². The molecule has 0 radical (unpaired) electrons. The van der Waals surface area contributed by atoms with E-state index in [2.05, 4.69) is 44.1 Å². The first kappa shape index (κ1) is 26.6. The second-order valence-corrected chi connectivity index (χ2v) is 9.99. The highest BCUT2D eigenvalue weighted by Gasteiger charge is 2.24. The zero-order valence-corrected chi connectivity index (χ0v) is 22.9. The van der Waals surface area contributed by atoms with Crippen LogP contribution in [0.25, 0.3) is 33.4 Å². The molecule has 5 aromatic rings. The van der Waals surface area contributed by atoms with Crippen LogP contribution in [0.4, 0.5) is 17.5 Å². The fourth-order valence-corrected chi connectivity index (χ4v) is 5.03. The molecule has 0 amide bonds.